The monoisotopic (exact) mass is 379 g/mol. The zero-order chi connectivity index (χ0) is 17.8. The lowest BCUT2D eigenvalue weighted by Gasteiger charge is -2.35. The summed E-state index contributed by atoms with van der Waals surface area (Å²) >= 11 is 3.10. The van der Waals surface area contributed by atoms with Crippen LogP contribution in [0.15, 0.2) is 0 Å². The zero-order valence-electron chi connectivity index (χ0n) is 14.3. The number of hydrogen-bond donors (Lipinski definition) is 2. The fourth-order valence-corrected chi connectivity index (χ4v) is 5.58. The minimum Gasteiger partial charge on any atom is -0.477 e. The van der Waals surface area contributed by atoms with E-state index in [-0.39, 0.29) is 9.62 Å². The number of anilines is 2. The molecule has 2 aliphatic heterocycles. The van der Waals surface area contributed by atoms with Crippen LogP contribution in [0.1, 0.15) is 34.6 Å². The minimum atomic E-state index is -0.980. The summed E-state index contributed by atoms with van der Waals surface area (Å²) in [6, 6.07) is 0. The lowest BCUT2D eigenvalue weighted by Crippen LogP contribution is -2.38. The summed E-state index contributed by atoms with van der Waals surface area (Å²) in [6.07, 6.45) is 0.864. The predicted octanol–water partition coefficient (Wildman–Crippen LogP) is 2.98. The molecule has 1 saturated heterocycles. The van der Waals surface area contributed by atoms with Gasteiger partial charge in [0.2, 0.25) is 0 Å². The Morgan fingerprint density at radius 1 is 1.32 bits per heavy atom. The molecule has 0 radical (unpaired) electrons. The zero-order valence-corrected chi connectivity index (χ0v) is 15.9. The lowest BCUT2D eigenvalue weighted by atomic mass is 9.94. The van der Waals surface area contributed by atoms with Gasteiger partial charge >= 0.3 is 5.97 Å². The number of nitrogen functional groups attached to an aromatic ring is 1. The van der Waals surface area contributed by atoms with Crippen LogP contribution in [0.4, 0.5) is 11.5 Å². The van der Waals surface area contributed by atoms with Crippen LogP contribution in [-0.4, -0.2) is 47.1 Å². The summed E-state index contributed by atoms with van der Waals surface area (Å²) < 4.78 is 5.57. The van der Waals surface area contributed by atoms with Crippen molar-refractivity contribution < 1.29 is 14.6 Å². The molecule has 0 atom stereocenters. The third kappa shape index (κ3) is 2.86. The molecule has 0 spiro atoms. The second kappa shape index (κ2) is 6.03. The van der Waals surface area contributed by atoms with Crippen molar-refractivity contribution in [3.63, 3.8) is 0 Å². The standard InChI is InChI=1S/C17H21N3O3S2/c1-17(2)7-9-10(8-24-17)14(20-3-5-23-6-4-20)19-15-11(9)12(18)13(25-15)16(21)22/h3-8,18H2,1-2H3,(H,21,22). The topological polar surface area (TPSA) is 88.7 Å². The first-order chi connectivity index (χ1) is 11.9. The van der Waals surface area contributed by atoms with Gasteiger partial charge in [-0.3, -0.25) is 0 Å². The quantitative estimate of drug-likeness (QED) is 0.829. The number of pyridine rings is 1. The Bertz CT molecular complexity index is 857. The number of nitrogens with two attached hydrogens (primary N) is 1. The van der Waals surface area contributed by atoms with E-state index in [1.165, 1.54) is 22.5 Å². The molecule has 0 saturated carbocycles. The van der Waals surface area contributed by atoms with Crippen LogP contribution in [-0.2, 0) is 16.9 Å². The number of fused-ring (bicyclic) bond motifs is 3. The summed E-state index contributed by atoms with van der Waals surface area (Å²) in [7, 11) is 0. The van der Waals surface area contributed by atoms with Gasteiger partial charge in [0.25, 0.3) is 0 Å². The molecule has 0 amide bonds. The Kier molecular flexibility index (Phi) is 4.09. The molecule has 8 heteroatoms. The number of carbonyl (C=O) groups is 1. The van der Waals surface area contributed by atoms with Gasteiger partial charge in [0, 0.05) is 34.5 Å². The van der Waals surface area contributed by atoms with Crippen molar-refractivity contribution >= 4 is 50.8 Å². The number of ether oxygens (including phenoxy) is 1. The Hall–Kier alpha value is -1.51. The number of morpholine rings is 1. The van der Waals surface area contributed by atoms with Crippen molar-refractivity contribution in [2.45, 2.75) is 30.8 Å². The normalized spacial score (nSPS) is 19.8. The molecule has 0 aliphatic carbocycles. The van der Waals surface area contributed by atoms with Crippen molar-refractivity contribution in [2.75, 3.05) is 36.9 Å². The maximum Gasteiger partial charge on any atom is 0.348 e. The van der Waals surface area contributed by atoms with Gasteiger partial charge in [-0.15, -0.1) is 11.3 Å². The van der Waals surface area contributed by atoms with Crippen molar-refractivity contribution in [1.29, 1.82) is 0 Å². The SMILES string of the molecule is CC1(C)Cc2c(c(N3CCOCC3)nc3sc(C(=O)O)c(N)c23)CS1. The lowest BCUT2D eigenvalue weighted by molar-refractivity contribution is 0.0703. The first kappa shape index (κ1) is 16.9. The summed E-state index contributed by atoms with van der Waals surface area (Å²) in [4.78, 5) is 19.6. The summed E-state index contributed by atoms with van der Waals surface area (Å²) in [5.74, 6) is 0.869. The number of rotatable bonds is 2. The largest absolute Gasteiger partial charge is 0.477 e. The second-order valence-corrected chi connectivity index (χ2v) is 9.73. The van der Waals surface area contributed by atoms with Crippen molar-refractivity contribution in [3.8, 4) is 0 Å². The number of aromatic carboxylic acids is 1. The smallest absolute Gasteiger partial charge is 0.348 e. The Morgan fingerprint density at radius 3 is 2.72 bits per heavy atom. The molecule has 0 bridgehead atoms. The molecule has 6 nitrogen and oxygen atoms in total. The van der Waals surface area contributed by atoms with Gasteiger partial charge in [-0.05, 0) is 12.0 Å². The molecule has 4 rings (SSSR count). The van der Waals surface area contributed by atoms with Crippen LogP contribution < -0.4 is 10.6 Å². The first-order valence-electron chi connectivity index (χ1n) is 8.31. The minimum absolute atomic E-state index is 0.0985. The van der Waals surface area contributed by atoms with E-state index in [1.807, 2.05) is 11.8 Å². The molecule has 1 fully saturated rings. The highest BCUT2D eigenvalue weighted by Crippen LogP contribution is 2.47. The predicted molar refractivity (Wildman–Crippen MR) is 103 cm³/mol. The van der Waals surface area contributed by atoms with E-state index in [0.29, 0.717) is 18.9 Å². The molecule has 2 aromatic heterocycles. The van der Waals surface area contributed by atoms with Crippen LogP contribution in [0.25, 0.3) is 10.2 Å². The van der Waals surface area contributed by atoms with Gasteiger partial charge in [0.15, 0.2) is 0 Å². The van der Waals surface area contributed by atoms with Crippen molar-refractivity contribution in [1.82, 2.24) is 4.98 Å². The molecule has 3 N–H and O–H groups in total. The Morgan fingerprint density at radius 2 is 2.04 bits per heavy atom. The Labute approximate surface area is 154 Å². The number of aromatic nitrogens is 1. The third-order valence-electron chi connectivity index (χ3n) is 4.78. The molecule has 2 aromatic rings. The van der Waals surface area contributed by atoms with Crippen LogP contribution in [0, 0.1) is 0 Å². The molecule has 25 heavy (non-hydrogen) atoms. The fraction of sp³-hybridized carbons (Fsp3) is 0.529. The molecule has 0 unspecified atom stereocenters. The van der Waals surface area contributed by atoms with Gasteiger partial charge < -0.3 is 20.5 Å². The molecule has 2 aliphatic rings. The molecular formula is C17H21N3O3S2. The van der Waals surface area contributed by atoms with Crippen molar-refractivity contribution in [3.05, 3.63) is 16.0 Å². The maximum absolute atomic E-state index is 11.5. The number of hydrogen-bond acceptors (Lipinski definition) is 7. The van der Waals surface area contributed by atoms with E-state index in [1.54, 1.807) is 0 Å². The number of thiophene rings is 1. The third-order valence-corrected chi connectivity index (χ3v) is 7.23. The molecule has 134 valence electrons. The first-order valence-corrected chi connectivity index (χ1v) is 10.1. The second-order valence-electron chi connectivity index (χ2n) is 7.05. The number of nitrogens with zero attached hydrogens (tertiary/aromatic N) is 2. The molecule has 4 heterocycles. The Balaban J connectivity index is 1.96. The van der Waals surface area contributed by atoms with Gasteiger partial charge in [0.05, 0.1) is 18.9 Å². The van der Waals surface area contributed by atoms with Crippen LogP contribution in [0.3, 0.4) is 0 Å². The summed E-state index contributed by atoms with van der Waals surface area (Å²) in [6.45, 7) is 7.46. The maximum atomic E-state index is 11.5. The van der Waals surface area contributed by atoms with E-state index in [0.717, 1.165) is 41.3 Å². The van der Waals surface area contributed by atoms with Crippen LogP contribution >= 0.6 is 23.1 Å². The van der Waals surface area contributed by atoms with Gasteiger partial charge in [-0.25, -0.2) is 9.78 Å². The molecular weight excluding hydrogens is 358 g/mol. The average Bonchev–Trinajstić information content (AvgIpc) is 2.91. The highest BCUT2D eigenvalue weighted by molar-refractivity contribution is 7.99. The average molecular weight is 380 g/mol. The van der Waals surface area contributed by atoms with E-state index < -0.39 is 5.97 Å². The van der Waals surface area contributed by atoms with E-state index in [2.05, 4.69) is 18.7 Å². The fourth-order valence-electron chi connectivity index (χ4n) is 3.54. The van der Waals surface area contributed by atoms with Crippen LogP contribution in [0.2, 0.25) is 0 Å². The van der Waals surface area contributed by atoms with Crippen LogP contribution in [0.5, 0.6) is 0 Å². The highest BCUT2D eigenvalue weighted by Gasteiger charge is 2.33. The summed E-state index contributed by atoms with van der Waals surface area (Å²) in [5, 5.41) is 10.3. The number of thioether (sulfide) groups is 1. The number of carboxylic acids is 1. The van der Waals surface area contributed by atoms with E-state index in [9.17, 15) is 9.90 Å². The van der Waals surface area contributed by atoms with Gasteiger partial charge in [0.1, 0.15) is 15.5 Å². The van der Waals surface area contributed by atoms with E-state index in [4.69, 9.17) is 15.5 Å². The van der Waals surface area contributed by atoms with Gasteiger partial charge in [-0.1, -0.05) is 13.8 Å². The summed E-state index contributed by atoms with van der Waals surface area (Å²) in [5.41, 5.74) is 8.98. The van der Waals surface area contributed by atoms with Gasteiger partial charge in [-0.2, -0.15) is 11.8 Å². The highest BCUT2D eigenvalue weighted by atomic mass is 32.2. The van der Waals surface area contributed by atoms with Crippen molar-refractivity contribution in [2.24, 2.45) is 0 Å². The number of carboxylic acid groups (broad SMARTS) is 1. The molecule has 0 aromatic carbocycles. The van der Waals surface area contributed by atoms with E-state index >= 15 is 0 Å².